The maximum absolute atomic E-state index is 11.7. The van der Waals surface area contributed by atoms with Crippen LogP contribution in [0.3, 0.4) is 0 Å². The molecule has 1 heterocycles. The van der Waals surface area contributed by atoms with E-state index in [2.05, 4.69) is 41.0 Å². The Balaban J connectivity index is 1.99. The highest BCUT2D eigenvalue weighted by molar-refractivity contribution is 8.18. The van der Waals surface area contributed by atoms with Crippen molar-refractivity contribution in [2.75, 3.05) is 7.11 Å². The van der Waals surface area contributed by atoms with Crippen LogP contribution in [0.25, 0.3) is 0 Å². The Morgan fingerprint density at radius 1 is 1.28 bits per heavy atom. The topological polar surface area (TPSA) is 80.1 Å². The van der Waals surface area contributed by atoms with Gasteiger partial charge in [0.2, 0.25) is 0 Å². The van der Waals surface area contributed by atoms with E-state index in [0.29, 0.717) is 5.17 Å². The van der Waals surface area contributed by atoms with Crippen LogP contribution in [0.1, 0.15) is 26.3 Å². The zero-order valence-corrected chi connectivity index (χ0v) is 16.0. The van der Waals surface area contributed by atoms with E-state index in [9.17, 15) is 9.59 Å². The second kappa shape index (κ2) is 8.35. The van der Waals surface area contributed by atoms with Crippen LogP contribution in [0.2, 0.25) is 0 Å². The van der Waals surface area contributed by atoms with Crippen molar-refractivity contribution in [1.82, 2.24) is 5.32 Å². The highest BCUT2D eigenvalue weighted by atomic mass is 32.2. The molecule has 0 bridgehead atoms. The van der Waals surface area contributed by atoms with Crippen LogP contribution >= 0.6 is 23.5 Å². The fourth-order valence-electron chi connectivity index (χ4n) is 1.76. The number of ether oxygens (including phenoxy) is 1. The Morgan fingerprint density at radius 2 is 1.96 bits per heavy atom. The van der Waals surface area contributed by atoms with Gasteiger partial charge in [0.15, 0.2) is 5.17 Å². The lowest BCUT2D eigenvalue weighted by Gasteiger charge is -2.17. The molecule has 1 amide bonds. The van der Waals surface area contributed by atoms with E-state index in [1.165, 1.54) is 12.0 Å². The molecule has 1 saturated heterocycles. The van der Waals surface area contributed by atoms with Crippen LogP contribution in [-0.2, 0) is 14.3 Å². The number of esters is 1. The number of amides is 1. The van der Waals surface area contributed by atoms with Crippen molar-refractivity contribution in [3.05, 3.63) is 40.8 Å². The summed E-state index contributed by atoms with van der Waals surface area (Å²) in [4.78, 5) is 24.3. The van der Waals surface area contributed by atoms with Crippen LogP contribution in [0, 0.1) is 0 Å². The van der Waals surface area contributed by atoms with E-state index in [1.54, 1.807) is 18.0 Å². The van der Waals surface area contributed by atoms with Crippen molar-refractivity contribution in [3.8, 4) is 0 Å². The number of nitrogens with zero attached hydrogens (tertiary/aromatic N) is 2. The summed E-state index contributed by atoms with van der Waals surface area (Å²) in [7, 11) is 1.25. The maximum Gasteiger partial charge on any atom is 0.331 e. The van der Waals surface area contributed by atoms with Gasteiger partial charge in [-0.3, -0.25) is 10.1 Å². The molecule has 0 spiro atoms. The molecule has 0 aliphatic carbocycles. The quantitative estimate of drug-likeness (QED) is 0.287. The van der Waals surface area contributed by atoms with Crippen molar-refractivity contribution < 1.29 is 14.3 Å². The van der Waals surface area contributed by atoms with Crippen molar-refractivity contribution in [3.63, 3.8) is 0 Å². The smallest absolute Gasteiger partial charge is 0.331 e. The Morgan fingerprint density at radius 3 is 2.56 bits per heavy atom. The van der Waals surface area contributed by atoms with E-state index < -0.39 is 11.9 Å². The van der Waals surface area contributed by atoms with Gasteiger partial charge < -0.3 is 4.74 Å². The van der Waals surface area contributed by atoms with Gasteiger partial charge in [0, 0.05) is 15.7 Å². The number of carbonyl (C=O) groups excluding carboxylic acids is 2. The SMILES string of the molecule is COC(=O)/C=C1/S/C(=N\N=Cc2ccc(SC(C)(C)C)cc2)NC1=O. The molecule has 1 aromatic rings. The van der Waals surface area contributed by atoms with E-state index in [0.717, 1.165) is 23.4 Å². The minimum atomic E-state index is -0.587. The Hall–Kier alpha value is -2.06. The number of rotatable bonds is 4. The molecule has 2 rings (SSSR count). The third-order valence-electron chi connectivity index (χ3n) is 2.76. The lowest BCUT2D eigenvalue weighted by Crippen LogP contribution is -2.19. The Kier molecular flexibility index (Phi) is 6.44. The molecule has 0 atom stereocenters. The zero-order valence-electron chi connectivity index (χ0n) is 14.4. The van der Waals surface area contributed by atoms with E-state index in [4.69, 9.17) is 0 Å². The molecule has 1 aromatic carbocycles. The van der Waals surface area contributed by atoms with E-state index in [-0.39, 0.29) is 9.65 Å². The summed E-state index contributed by atoms with van der Waals surface area (Å²) >= 11 is 2.83. The predicted octanol–water partition coefficient (Wildman–Crippen LogP) is 3.19. The Bertz CT molecular complexity index is 747. The molecule has 132 valence electrons. The molecule has 8 heteroatoms. The van der Waals surface area contributed by atoms with Crippen molar-refractivity contribution in [2.24, 2.45) is 10.2 Å². The molecule has 0 radical (unpaired) electrons. The number of hydrogen-bond donors (Lipinski definition) is 1. The molecule has 0 aromatic heterocycles. The van der Waals surface area contributed by atoms with Crippen LogP contribution in [0.4, 0.5) is 0 Å². The van der Waals surface area contributed by atoms with Crippen molar-refractivity contribution in [2.45, 2.75) is 30.4 Å². The fourth-order valence-corrected chi connectivity index (χ4v) is 3.48. The number of thioether (sulfide) groups is 2. The van der Waals surface area contributed by atoms with Gasteiger partial charge in [-0.15, -0.1) is 16.9 Å². The molecule has 1 N–H and O–H groups in total. The number of methoxy groups -OCH3 is 1. The summed E-state index contributed by atoms with van der Waals surface area (Å²) in [6, 6.07) is 7.99. The van der Waals surface area contributed by atoms with Gasteiger partial charge >= 0.3 is 5.97 Å². The summed E-state index contributed by atoms with van der Waals surface area (Å²) in [5, 5.41) is 10.8. The molecule has 0 saturated carbocycles. The summed E-state index contributed by atoms with van der Waals surface area (Å²) in [6.07, 6.45) is 2.73. The van der Waals surface area contributed by atoms with Crippen LogP contribution < -0.4 is 5.32 Å². The van der Waals surface area contributed by atoms with Crippen molar-refractivity contribution in [1.29, 1.82) is 0 Å². The van der Waals surface area contributed by atoms with E-state index in [1.807, 2.05) is 24.3 Å². The number of amidine groups is 1. The minimum Gasteiger partial charge on any atom is -0.466 e. The van der Waals surface area contributed by atoms with Crippen molar-refractivity contribution >= 4 is 46.8 Å². The highest BCUT2D eigenvalue weighted by Crippen LogP contribution is 2.31. The molecule has 0 unspecified atom stereocenters. The van der Waals surface area contributed by atoms with Gasteiger partial charge in [0.05, 0.1) is 18.2 Å². The number of carbonyl (C=O) groups is 2. The normalized spacial score (nSPS) is 18.2. The first-order valence-electron chi connectivity index (χ1n) is 7.46. The lowest BCUT2D eigenvalue weighted by atomic mass is 10.2. The zero-order chi connectivity index (χ0) is 18.4. The lowest BCUT2D eigenvalue weighted by molar-refractivity contribution is -0.135. The molecular weight excluding hydrogens is 358 g/mol. The van der Waals surface area contributed by atoms with Gasteiger partial charge in [-0.25, -0.2) is 4.79 Å². The number of benzene rings is 1. The fraction of sp³-hybridized carbons (Fsp3) is 0.294. The standard InChI is InChI=1S/C17H19N3O3S2/c1-17(2,3)25-12-7-5-11(6-8-12)10-18-20-16-19-15(22)13(24-16)9-14(21)23-4/h5-10H,1-4H3,(H,19,20,22)/b13-9+,18-10?. The summed E-state index contributed by atoms with van der Waals surface area (Å²) in [5.41, 5.74) is 0.905. The summed E-state index contributed by atoms with van der Waals surface area (Å²) in [5.74, 6) is -0.983. The van der Waals surface area contributed by atoms with Gasteiger partial charge in [-0.2, -0.15) is 5.10 Å². The maximum atomic E-state index is 11.7. The largest absolute Gasteiger partial charge is 0.466 e. The molecule has 1 aliphatic rings. The molecule has 6 nitrogen and oxygen atoms in total. The second-order valence-corrected chi connectivity index (χ2v) is 8.95. The van der Waals surface area contributed by atoms with Gasteiger partial charge in [0.25, 0.3) is 5.91 Å². The second-order valence-electron chi connectivity index (χ2n) is 6.02. The van der Waals surface area contributed by atoms with Gasteiger partial charge in [-0.1, -0.05) is 32.9 Å². The molecule has 25 heavy (non-hydrogen) atoms. The monoisotopic (exact) mass is 377 g/mol. The number of nitrogens with one attached hydrogen (secondary N) is 1. The number of hydrogen-bond acceptors (Lipinski definition) is 7. The molecule has 1 fully saturated rings. The van der Waals surface area contributed by atoms with Gasteiger partial charge in [-0.05, 0) is 29.5 Å². The van der Waals surface area contributed by atoms with Crippen LogP contribution in [-0.4, -0.2) is 35.1 Å². The predicted molar refractivity (Wildman–Crippen MR) is 103 cm³/mol. The van der Waals surface area contributed by atoms with Crippen LogP contribution in [0.15, 0.2) is 50.3 Å². The van der Waals surface area contributed by atoms with Gasteiger partial charge in [0.1, 0.15) is 0 Å². The first-order chi connectivity index (χ1) is 11.8. The average molecular weight is 377 g/mol. The summed E-state index contributed by atoms with van der Waals surface area (Å²) in [6.45, 7) is 6.50. The molecule has 1 aliphatic heterocycles. The first-order valence-corrected chi connectivity index (χ1v) is 9.09. The van der Waals surface area contributed by atoms with E-state index >= 15 is 0 Å². The Labute approximate surface area is 155 Å². The van der Waals surface area contributed by atoms with Crippen LogP contribution in [0.5, 0.6) is 0 Å². The third-order valence-corrected chi connectivity index (χ3v) is 4.78. The third kappa shape index (κ3) is 6.39. The molecular formula is C17H19N3O3S2. The highest BCUT2D eigenvalue weighted by Gasteiger charge is 2.24. The minimum absolute atomic E-state index is 0.162. The average Bonchev–Trinajstić information content (AvgIpc) is 2.87. The summed E-state index contributed by atoms with van der Waals surface area (Å²) < 4.78 is 4.66. The first kappa shape index (κ1) is 19.3.